The van der Waals surface area contributed by atoms with Crippen molar-refractivity contribution in [2.24, 2.45) is 0 Å². The van der Waals surface area contributed by atoms with Crippen LogP contribution in [-0.4, -0.2) is 34.7 Å². The number of amides is 2. The molecule has 0 radical (unpaired) electrons. The quantitative estimate of drug-likeness (QED) is 0.260. The van der Waals surface area contributed by atoms with Crippen molar-refractivity contribution in [3.8, 4) is 0 Å². The second-order valence-electron chi connectivity index (χ2n) is 8.19. The van der Waals surface area contributed by atoms with Crippen LogP contribution in [0.1, 0.15) is 22.6 Å². The molecular weight excluding hydrogens is 452 g/mol. The van der Waals surface area contributed by atoms with Gasteiger partial charge in [0, 0.05) is 38.3 Å². The molecule has 0 fully saturated rings. The van der Waals surface area contributed by atoms with Crippen LogP contribution >= 0.6 is 0 Å². The summed E-state index contributed by atoms with van der Waals surface area (Å²) in [6, 6.07) is 26.7. The van der Waals surface area contributed by atoms with Crippen molar-refractivity contribution >= 4 is 24.0 Å². The van der Waals surface area contributed by atoms with E-state index < -0.39 is 0 Å². The van der Waals surface area contributed by atoms with E-state index in [1.54, 1.807) is 58.7 Å². The van der Waals surface area contributed by atoms with Crippen molar-refractivity contribution < 1.29 is 18.4 Å². The molecule has 0 aliphatic rings. The molecule has 0 unspecified atom stereocenters. The summed E-state index contributed by atoms with van der Waals surface area (Å²) in [5, 5.41) is 0. The molecule has 182 valence electrons. The molecule has 2 aromatic heterocycles. The normalized spacial score (nSPS) is 11.2. The molecule has 4 aromatic rings. The molecule has 2 amide bonds. The molecule has 0 saturated carbocycles. The van der Waals surface area contributed by atoms with Crippen LogP contribution in [0.25, 0.3) is 12.2 Å². The van der Waals surface area contributed by atoms with Crippen LogP contribution in [0.15, 0.2) is 118 Å². The first-order valence-electron chi connectivity index (χ1n) is 11.8. The standard InChI is InChI=1S/C30H28N2O4/c33-29(17-15-27-13-7-21-35-27)31(23-25-9-3-1-4-10-25)19-20-32(24-26-11-5-2-6-12-26)30(34)18-16-28-14-8-22-36-28/h1-18,21-22H,19-20,23-24H2/b17-15+,18-16+. The number of carbonyl (C=O) groups is 2. The van der Waals surface area contributed by atoms with E-state index in [0.717, 1.165) is 11.1 Å². The molecule has 0 saturated heterocycles. The van der Waals surface area contributed by atoms with E-state index in [9.17, 15) is 9.59 Å². The Morgan fingerprint density at radius 1 is 0.583 bits per heavy atom. The SMILES string of the molecule is O=C(/C=C/c1ccco1)N(CCN(Cc1ccccc1)C(=O)/C=C/c1ccco1)Cc1ccccc1. The van der Waals surface area contributed by atoms with Crippen LogP contribution in [0.5, 0.6) is 0 Å². The molecule has 0 aliphatic heterocycles. The molecule has 0 spiro atoms. The highest BCUT2D eigenvalue weighted by Crippen LogP contribution is 2.11. The fourth-order valence-electron chi connectivity index (χ4n) is 3.67. The number of rotatable bonds is 11. The highest BCUT2D eigenvalue weighted by molar-refractivity contribution is 5.92. The van der Waals surface area contributed by atoms with Gasteiger partial charge in [-0.1, -0.05) is 60.7 Å². The van der Waals surface area contributed by atoms with Gasteiger partial charge in [0.25, 0.3) is 0 Å². The van der Waals surface area contributed by atoms with Gasteiger partial charge in [-0.05, 0) is 47.5 Å². The number of carbonyl (C=O) groups excluding carboxylic acids is 2. The Bertz CT molecular complexity index is 1160. The Labute approximate surface area is 210 Å². The van der Waals surface area contributed by atoms with Crippen LogP contribution in [0.2, 0.25) is 0 Å². The van der Waals surface area contributed by atoms with Gasteiger partial charge in [0.15, 0.2) is 0 Å². The number of hydrogen-bond donors (Lipinski definition) is 0. The van der Waals surface area contributed by atoms with E-state index in [1.807, 2.05) is 60.7 Å². The first-order valence-corrected chi connectivity index (χ1v) is 11.8. The van der Waals surface area contributed by atoms with Crippen LogP contribution in [0.4, 0.5) is 0 Å². The molecule has 36 heavy (non-hydrogen) atoms. The summed E-state index contributed by atoms with van der Waals surface area (Å²) in [7, 11) is 0. The second kappa shape index (κ2) is 12.8. The van der Waals surface area contributed by atoms with Gasteiger partial charge >= 0.3 is 0 Å². The maximum absolute atomic E-state index is 13.1. The van der Waals surface area contributed by atoms with Crippen molar-refractivity contribution in [3.05, 3.63) is 132 Å². The largest absolute Gasteiger partial charge is 0.465 e. The highest BCUT2D eigenvalue weighted by Gasteiger charge is 2.17. The summed E-state index contributed by atoms with van der Waals surface area (Å²) in [6.45, 7) is 1.59. The van der Waals surface area contributed by atoms with Gasteiger partial charge in [0.1, 0.15) is 11.5 Å². The zero-order valence-electron chi connectivity index (χ0n) is 19.9. The fraction of sp³-hybridized carbons (Fsp3) is 0.133. The van der Waals surface area contributed by atoms with Crippen LogP contribution in [0, 0.1) is 0 Å². The van der Waals surface area contributed by atoms with Crippen LogP contribution < -0.4 is 0 Å². The smallest absolute Gasteiger partial charge is 0.247 e. The first kappa shape index (κ1) is 24.5. The highest BCUT2D eigenvalue weighted by atomic mass is 16.3. The summed E-state index contributed by atoms with van der Waals surface area (Å²) in [4.78, 5) is 29.7. The van der Waals surface area contributed by atoms with Crippen molar-refractivity contribution in [3.63, 3.8) is 0 Å². The van der Waals surface area contributed by atoms with Crippen molar-refractivity contribution in [1.29, 1.82) is 0 Å². The Kier molecular flexibility index (Phi) is 8.70. The predicted molar refractivity (Wildman–Crippen MR) is 139 cm³/mol. The van der Waals surface area contributed by atoms with Gasteiger partial charge in [0.05, 0.1) is 12.5 Å². The molecule has 4 rings (SSSR count). The van der Waals surface area contributed by atoms with Gasteiger partial charge in [-0.25, -0.2) is 0 Å². The second-order valence-corrected chi connectivity index (χ2v) is 8.19. The molecular formula is C30H28N2O4. The average molecular weight is 481 g/mol. The topological polar surface area (TPSA) is 66.9 Å². The Hall–Kier alpha value is -4.58. The Morgan fingerprint density at radius 3 is 1.36 bits per heavy atom. The predicted octanol–water partition coefficient (Wildman–Crippen LogP) is 5.66. The Balaban J connectivity index is 1.50. The number of furan rings is 2. The third-order valence-electron chi connectivity index (χ3n) is 5.56. The minimum absolute atomic E-state index is 0.159. The number of nitrogens with zero attached hydrogens (tertiary/aromatic N) is 2. The summed E-state index contributed by atoms with van der Waals surface area (Å²) >= 11 is 0. The third kappa shape index (κ3) is 7.46. The van der Waals surface area contributed by atoms with Crippen molar-refractivity contribution in [2.75, 3.05) is 13.1 Å². The molecule has 0 atom stereocenters. The van der Waals surface area contributed by atoms with Gasteiger partial charge < -0.3 is 18.6 Å². The van der Waals surface area contributed by atoms with E-state index in [1.165, 1.54) is 12.2 Å². The summed E-state index contributed by atoms with van der Waals surface area (Å²) in [5.41, 5.74) is 2.02. The Morgan fingerprint density at radius 2 is 1.00 bits per heavy atom. The molecule has 6 heteroatoms. The summed E-state index contributed by atoms with van der Waals surface area (Å²) in [6.07, 6.45) is 9.44. The van der Waals surface area contributed by atoms with Crippen molar-refractivity contribution in [1.82, 2.24) is 9.80 Å². The zero-order chi connectivity index (χ0) is 25.0. The lowest BCUT2D eigenvalue weighted by Gasteiger charge is -2.27. The van der Waals surface area contributed by atoms with Gasteiger partial charge in [-0.3, -0.25) is 9.59 Å². The van der Waals surface area contributed by atoms with E-state index in [4.69, 9.17) is 8.83 Å². The summed E-state index contributed by atoms with van der Waals surface area (Å²) in [5.74, 6) is 0.890. The first-order chi connectivity index (χ1) is 17.7. The van der Waals surface area contributed by atoms with Gasteiger partial charge in [-0.15, -0.1) is 0 Å². The number of hydrogen-bond acceptors (Lipinski definition) is 4. The zero-order valence-corrected chi connectivity index (χ0v) is 19.9. The van der Waals surface area contributed by atoms with Crippen molar-refractivity contribution in [2.45, 2.75) is 13.1 Å². The molecule has 0 bridgehead atoms. The minimum Gasteiger partial charge on any atom is -0.465 e. The monoisotopic (exact) mass is 480 g/mol. The van der Waals surface area contributed by atoms with E-state index in [0.29, 0.717) is 37.7 Å². The fourth-order valence-corrected chi connectivity index (χ4v) is 3.67. The third-order valence-corrected chi connectivity index (χ3v) is 5.56. The minimum atomic E-state index is -0.159. The van der Waals surface area contributed by atoms with Crippen LogP contribution in [0.3, 0.4) is 0 Å². The summed E-state index contributed by atoms with van der Waals surface area (Å²) < 4.78 is 10.6. The number of benzene rings is 2. The molecule has 2 aromatic carbocycles. The maximum Gasteiger partial charge on any atom is 0.247 e. The molecule has 6 nitrogen and oxygen atoms in total. The lowest BCUT2D eigenvalue weighted by Crippen LogP contribution is -2.39. The molecule has 0 N–H and O–H groups in total. The van der Waals surface area contributed by atoms with Crippen LogP contribution in [-0.2, 0) is 22.7 Å². The van der Waals surface area contributed by atoms with E-state index in [-0.39, 0.29) is 11.8 Å². The van der Waals surface area contributed by atoms with E-state index in [2.05, 4.69) is 0 Å². The van der Waals surface area contributed by atoms with Gasteiger partial charge in [0.2, 0.25) is 11.8 Å². The molecule has 0 aliphatic carbocycles. The van der Waals surface area contributed by atoms with Gasteiger partial charge in [-0.2, -0.15) is 0 Å². The maximum atomic E-state index is 13.1. The molecule has 2 heterocycles. The average Bonchev–Trinajstić information content (AvgIpc) is 3.63. The van der Waals surface area contributed by atoms with E-state index >= 15 is 0 Å². The lowest BCUT2D eigenvalue weighted by molar-refractivity contribution is -0.130. The lowest BCUT2D eigenvalue weighted by atomic mass is 10.2.